The number of carbonyl (C=O) groups excluding carboxylic acids is 1. The van der Waals surface area contributed by atoms with Crippen LogP contribution < -0.4 is 10.6 Å². The van der Waals surface area contributed by atoms with E-state index in [9.17, 15) is 4.79 Å². The predicted molar refractivity (Wildman–Crippen MR) is 99.2 cm³/mol. The molecule has 2 rings (SSSR count). The van der Waals surface area contributed by atoms with Crippen LogP contribution in [0.4, 0.5) is 5.69 Å². The van der Waals surface area contributed by atoms with E-state index >= 15 is 0 Å². The molecule has 0 bridgehead atoms. The van der Waals surface area contributed by atoms with Crippen LogP contribution in [-0.2, 0) is 0 Å². The van der Waals surface area contributed by atoms with E-state index < -0.39 is 0 Å². The average Bonchev–Trinajstić information content (AvgIpc) is 2.59. The quantitative estimate of drug-likeness (QED) is 0.758. The lowest BCUT2D eigenvalue weighted by molar-refractivity contribution is 0.0956. The van der Waals surface area contributed by atoms with Gasteiger partial charge in [-0.25, -0.2) is 0 Å². The average molecular weight is 312 g/mol. The fraction of sp³-hybridized carbons (Fsp3) is 0.450. The molecule has 0 aliphatic carbocycles. The SMILES string of the molecule is CCCNC(=O)c1c(NC(C)(CC)CC)ccc2ccccc12. The van der Waals surface area contributed by atoms with Gasteiger partial charge in [-0.05, 0) is 43.0 Å². The van der Waals surface area contributed by atoms with Crippen LogP contribution >= 0.6 is 0 Å². The molecule has 0 atom stereocenters. The first-order valence-electron chi connectivity index (χ1n) is 8.62. The summed E-state index contributed by atoms with van der Waals surface area (Å²) in [4.78, 5) is 12.7. The number of benzene rings is 2. The number of hydrogen-bond acceptors (Lipinski definition) is 2. The molecule has 0 unspecified atom stereocenters. The Hall–Kier alpha value is -2.03. The van der Waals surface area contributed by atoms with E-state index in [0.717, 1.165) is 41.3 Å². The normalized spacial score (nSPS) is 11.5. The van der Waals surface area contributed by atoms with Crippen LogP contribution in [-0.4, -0.2) is 18.0 Å². The van der Waals surface area contributed by atoms with Crippen LogP contribution in [0.3, 0.4) is 0 Å². The van der Waals surface area contributed by atoms with E-state index in [2.05, 4.69) is 50.5 Å². The van der Waals surface area contributed by atoms with Crippen molar-refractivity contribution in [2.24, 2.45) is 0 Å². The Morgan fingerprint density at radius 1 is 1.04 bits per heavy atom. The standard InChI is InChI=1S/C20H28N2O/c1-5-14-21-19(23)18-16-11-9-8-10-15(16)12-13-17(18)22-20(4,6-2)7-3/h8-13,22H,5-7,14H2,1-4H3,(H,21,23). The van der Waals surface area contributed by atoms with E-state index in [1.54, 1.807) is 0 Å². The zero-order chi connectivity index (χ0) is 16.9. The smallest absolute Gasteiger partial charge is 0.254 e. The number of anilines is 1. The van der Waals surface area contributed by atoms with Gasteiger partial charge < -0.3 is 10.6 Å². The van der Waals surface area contributed by atoms with Crippen LogP contribution in [0.2, 0.25) is 0 Å². The molecule has 0 fully saturated rings. The van der Waals surface area contributed by atoms with Crippen molar-refractivity contribution in [3.63, 3.8) is 0 Å². The molecule has 124 valence electrons. The highest BCUT2D eigenvalue weighted by Gasteiger charge is 2.23. The number of fused-ring (bicyclic) bond motifs is 1. The van der Waals surface area contributed by atoms with Crippen molar-refractivity contribution in [1.82, 2.24) is 5.32 Å². The van der Waals surface area contributed by atoms with Crippen molar-refractivity contribution < 1.29 is 4.79 Å². The van der Waals surface area contributed by atoms with Crippen LogP contribution in [0.1, 0.15) is 57.3 Å². The molecular weight excluding hydrogens is 284 g/mol. The van der Waals surface area contributed by atoms with Crippen molar-refractivity contribution in [3.8, 4) is 0 Å². The Kier molecular flexibility index (Phi) is 5.64. The van der Waals surface area contributed by atoms with Gasteiger partial charge in [-0.15, -0.1) is 0 Å². The molecule has 2 aromatic carbocycles. The molecule has 0 aliphatic heterocycles. The number of carbonyl (C=O) groups is 1. The molecule has 0 aliphatic rings. The predicted octanol–water partition coefficient (Wildman–Crippen LogP) is 4.97. The van der Waals surface area contributed by atoms with Crippen molar-refractivity contribution in [3.05, 3.63) is 42.0 Å². The number of hydrogen-bond donors (Lipinski definition) is 2. The molecule has 3 nitrogen and oxygen atoms in total. The van der Waals surface area contributed by atoms with E-state index in [-0.39, 0.29) is 11.4 Å². The van der Waals surface area contributed by atoms with Crippen LogP contribution in [0.25, 0.3) is 10.8 Å². The Balaban J connectivity index is 2.53. The van der Waals surface area contributed by atoms with Gasteiger partial charge in [-0.3, -0.25) is 4.79 Å². The molecule has 0 saturated heterocycles. The van der Waals surface area contributed by atoms with Gasteiger partial charge in [-0.2, -0.15) is 0 Å². The highest BCUT2D eigenvalue weighted by atomic mass is 16.1. The molecule has 2 aromatic rings. The summed E-state index contributed by atoms with van der Waals surface area (Å²) in [6.45, 7) is 9.31. The molecule has 0 spiro atoms. The summed E-state index contributed by atoms with van der Waals surface area (Å²) in [5, 5.41) is 8.73. The van der Waals surface area contributed by atoms with Gasteiger partial charge in [0.25, 0.3) is 5.91 Å². The zero-order valence-electron chi connectivity index (χ0n) is 14.7. The van der Waals surface area contributed by atoms with E-state index in [4.69, 9.17) is 0 Å². The molecule has 1 amide bonds. The molecule has 3 heteroatoms. The summed E-state index contributed by atoms with van der Waals surface area (Å²) in [6, 6.07) is 12.2. The largest absolute Gasteiger partial charge is 0.379 e. The maximum Gasteiger partial charge on any atom is 0.254 e. The first-order valence-corrected chi connectivity index (χ1v) is 8.62. The highest BCUT2D eigenvalue weighted by Crippen LogP contribution is 2.30. The van der Waals surface area contributed by atoms with Crippen molar-refractivity contribution >= 4 is 22.4 Å². The fourth-order valence-electron chi connectivity index (χ4n) is 2.70. The minimum Gasteiger partial charge on any atom is -0.379 e. The van der Waals surface area contributed by atoms with Gasteiger partial charge in [0.15, 0.2) is 0 Å². The van der Waals surface area contributed by atoms with E-state index in [1.807, 2.05) is 24.3 Å². The molecular formula is C20H28N2O. The lowest BCUT2D eigenvalue weighted by atomic mass is 9.93. The van der Waals surface area contributed by atoms with Gasteiger partial charge in [0.05, 0.1) is 5.56 Å². The summed E-state index contributed by atoms with van der Waals surface area (Å²) >= 11 is 0. The van der Waals surface area contributed by atoms with Gasteiger partial charge in [0, 0.05) is 17.8 Å². The lowest BCUT2D eigenvalue weighted by Gasteiger charge is -2.31. The molecule has 2 N–H and O–H groups in total. The van der Waals surface area contributed by atoms with Gasteiger partial charge >= 0.3 is 0 Å². The summed E-state index contributed by atoms with van der Waals surface area (Å²) in [6.07, 6.45) is 2.94. The van der Waals surface area contributed by atoms with Crippen molar-refractivity contribution in [2.45, 2.75) is 52.5 Å². The van der Waals surface area contributed by atoms with E-state index in [0.29, 0.717) is 6.54 Å². The Bertz CT molecular complexity index is 674. The fourth-order valence-corrected chi connectivity index (χ4v) is 2.70. The minimum atomic E-state index is -0.0117. The van der Waals surface area contributed by atoms with Crippen molar-refractivity contribution in [2.75, 3.05) is 11.9 Å². The first-order chi connectivity index (χ1) is 11.0. The lowest BCUT2D eigenvalue weighted by Crippen LogP contribution is -2.34. The molecule has 23 heavy (non-hydrogen) atoms. The maximum atomic E-state index is 12.7. The topological polar surface area (TPSA) is 41.1 Å². The van der Waals surface area contributed by atoms with Gasteiger partial charge in [0.2, 0.25) is 0 Å². The third kappa shape index (κ3) is 3.84. The monoisotopic (exact) mass is 312 g/mol. The maximum absolute atomic E-state index is 12.7. The van der Waals surface area contributed by atoms with E-state index in [1.165, 1.54) is 0 Å². The molecule has 0 aromatic heterocycles. The van der Waals surface area contributed by atoms with Crippen molar-refractivity contribution in [1.29, 1.82) is 0 Å². The minimum absolute atomic E-state index is 0.000654. The summed E-state index contributed by atoms with van der Waals surface area (Å²) in [5.41, 5.74) is 1.66. The number of rotatable bonds is 7. The molecule has 0 radical (unpaired) electrons. The van der Waals surface area contributed by atoms with Crippen LogP contribution in [0.5, 0.6) is 0 Å². The first kappa shape index (κ1) is 17.3. The van der Waals surface area contributed by atoms with Crippen LogP contribution in [0.15, 0.2) is 36.4 Å². The van der Waals surface area contributed by atoms with Crippen LogP contribution in [0, 0.1) is 0 Å². The second-order valence-electron chi connectivity index (χ2n) is 6.36. The Morgan fingerprint density at radius 3 is 2.39 bits per heavy atom. The van der Waals surface area contributed by atoms with Gasteiger partial charge in [0.1, 0.15) is 0 Å². The second-order valence-corrected chi connectivity index (χ2v) is 6.36. The number of amides is 1. The second kappa shape index (κ2) is 7.49. The third-order valence-corrected chi connectivity index (χ3v) is 4.69. The summed E-state index contributed by atoms with van der Waals surface area (Å²) in [5.74, 6) is 0.000654. The summed E-state index contributed by atoms with van der Waals surface area (Å²) in [7, 11) is 0. The molecule has 0 heterocycles. The Labute approximate surface area is 139 Å². The third-order valence-electron chi connectivity index (χ3n) is 4.69. The number of nitrogens with one attached hydrogen (secondary N) is 2. The van der Waals surface area contributed by atoms with Gasteiger partial charge in [-0.1, -0.05) is 51.1 Å². The Morgan fingerprint density at radius 2 is 1.74 bits per heavy atom. The highest BCUT2D eigenvalue weighted by molar-refractivity contribution is 6.11. The molecule has 0 saturated carbocycles. The zero-order valence-corrected chi connectivity index (χ0v) is 14.7. The summed E-state index contributed by atoms with van der Waals surface area (Å²) < 4.78 is 0.